The van der Waals surface area contributed by atoms with Gasteiger partial charge in [-0.05, 0) is 29.8 Å². The van der Waals surface area contributed by atoms with E-state index >= 15 is 0 Å². The van der Waals surface area contributed by atoms with Crippen LogP contribution in [0.1, 0.15) is 5.56 Å². The van der Waals surface area contributed by atoms with Crippen LogP contribution in [-0.2, 0) is 13.1 Å². The number of aliphatic hydroxyl groups excluding tert-OH is 1. The van der Waals surface area contributed by atoms with E-state index in [1.54, 1.807) is 34.9 Å². The third-order valence-electron chi connectivity index (χ3n) is 5.18. The smallest absolute Gasteiger partial charge is 0.276 e. The van der Waals surface area contributed by atoms with E-state index in [-0.39, 0.29) is 24.3 Å². The zero-order valence-corrected chi connectivity index (χ0v) is 18.7. The highest BCUT2D eigenvalue weighted by atomic mass is 35.5. The quantitative estimate of drug-likeness (QED) is 0.343. The summed E-state index contributed by atoms with van der Waals surface area (Å²) in [5, 5.41) is 16.5. The molecule has 0 saturated carbocycles. The summed E-state index contributed by atoms with van der Waals surface area (Å²) >= 11 is 12.2. The van der Waals surface area contributed by atoms with E-state index < -0.39 is 0 Å². The van der Waals surface area contributed by atoms with Crippen molar-refractivity contribution < 1.29 is 5.11 Å². The van der Waals surface area contributed by atoms with Crippen LogP contribution in [0.3, 0.4) is 0 Å². The van der Waals surface area contributed by atoms with Crippen molar-refractivity contribution in [2.45, 2.75) is 13.1 Å². The average Bonchev–Trinajstić information content (AvgIpc) is 3.08. The third-order valence-corrected chi connectivity index (χ3v) is 5.66. The van der Waals surface area contributed by atoms with Gasteiger partial charge in [0.05, 0.1) is 36.3 Å². The number of hydrogen-bond donors (Lipinski definition) is 3. The number of hydrogen-bond acceptors (Lipinski definition) is 4. The topological polar surface area (TPSA) is 92.0 Å². The van der Waals surface area contributed by atoms with Gasteiger partial charge < -0.3 is 15.0 Å². The largest absolute Gasteiger partial charge is 0.395 e. The summed E-state index contributed by atoms with van der Waals surface area (Å²) in [7, 11) is 0. The van der Waals surface area contributed by atoms with Crippen LogP contribution in [0.2, 0.25) is 10.0 Å². The second-order valence-corrected chi connectivity index (χ2v) is 8.26. The Morgan fingerprint density at radius 2 is 1.75 bits per heavy atom. The molecule has 4 rings (SSSR count). The first-order chi connectivity index (χ1) is 15.5. The lowest BCUT2D eigenvalue weighted by Crippen LogP contribution is -2.28. The number of H-pyrrole nitrogens is 1. The fraction of sp³-hybridized carbons (Fsp3) is 0.217. The maximum Gasteiger partial charge on any atom is 0.276 e. The number of aromatic nitrogens is 3. The van der Waals surface area contributed by atoms with Crippen molar-refractivity contribution in [2.75, 3.05) is 19.7 Å². The first kappa shape index (κ1) is 22.4. The Labute approximate surface area is 193 Å². The Kier molecular flexibility index (Phi) is 6.81. The van der Waals surface area contributed by atoms with Crippen LogP contribution < -0.4 is 16.4 Å². The van der Waals surface area contributed by atoms with E-state index in [1.807, 2.05) is 18.2 Å². The highest BCUT2D eigenvalue weighted by molar-refractivity contribution is 6.31. The lowest BCUT2D eigenvalue weighted by molar-refractivity contribution is 0.291. The van der Waals surface area contributed by atoms with Crippen molar-refractivity contribution in [2.24, 2.45) is 0 Å². The lowest BCUT2D eigenvalue weighted by Gasteiger charge is -2.14. The summed E-state index contributed by atoms with van der Waals surface area (Å²) < 4.78 is 3.05. The number of fused-ring (bicyclic) bond motifs is 1. The lowest BCUT2D eigenvalue weighted by atomic mass is 10.1. The summed E-state index contributed by atoms with van der Waals surface area (Å²) in [6, 6.07) is 15.8. The molecule has 0 atom stereocenters. The standard InChI is InChI=1S/C23H22Cl2N4O3/c24-17-6-4-15(5-7-17)14-28-20(31)13-19-21(22(28)16-2-1-3-18(25)12-16)23(32)29(27-19)10-8-26-9-11-30/h1-7,12-13,26-27,30H,8-11,14H2. The van der Waals surface area contributed by atoms with Crippen LogP contribution in [0.25, 0.3) is 22.2 Å². The van der Waals surface area contributed by atoms with E-state index in [2.05, 4.69) is 10.4 Å². The number of benzene rings is 2. The predicted octanol–water partition coefficient (Wildman–Crippen LogP) is 3.10. The molecule has 0 unspecified atom stereocenters. The molecule has 32 heavy (non-hydrogen) atoms. The van der Waals surface area contributed by atoms with Gasteiger partial charge in [-0.15, -0.1) is 0 Å². The molecule has 0 saturated heterocycles. The summed E-state index contributed by atoms with van der Waals surface area (Å²) in [4.78, 5) is 26.5. The zero-order valence-electron chi connectivity index (χ0n) is 17.1. The number of pyridine rings is 1. The normalized spacial score (nSPS) is 11.3. The van der Waals surface area contributed by atoms with Gasteiger partial charge in [0.15, 0.2) is 0 Å². The minimum atomic E-state index is -0.241. The van der Waals surface area contributed by atoms with Gasteiger partial charge in [0.1, 0.15) is 0 Å². The molecule has 0 bridgehead atoms. The molecule has 0 aliphatic rings. The van der Waals surface area contributed by atoms with Gasteiger partial charge >= 0.3 is 0 Å². The van der Waals surface area contributed by atoms with Crippen molar-refractivity contribution in [3.63, 3.8) is 0 Å². The molecule has 3 N–H and O–H groups in total. The van der Waals surface area contributed by atoms with Crippen LogP contribution in [0.4, 0.5) is 0 Å². The van der Waals surface area contributed by atoms with Crippen LogP contribution in [0, 0.1) is 0 Å². The molecular weight excluding hydrogens is 451 g/mol. The molecule has 0 amide bonds. The highest BCUT2D eigenvalue weighted by Gasteiger charge is 2.19. The van der Waals surface area contributed by atoms with Gasteiger partial charge in [-0.25, -0.2) is 0 Å². The van der Waals surface area contributed by atoms with E-state index in [0.717, 1.165) is 5.56 Å². The van der Waals surface area contributed by atoms with Gasteiger partial charge in [0.25, 0.3) is 11.1 Å². The summed E-state index contributed by atoms with van der Waals surface area (Å²) in [5.74, 6) is 0. The SMILES string of the molecule is O=c1c2c(-c3cccc(Cl)c3)n(Cc3ccc(Cl)cc3)c(=O)cc2[nH]n1CCNCCO. The van der Waals surface area contributed by atoms with Gasteiger partial charge in [-0.1, -0.05) is 47.5 Å². The summed E-state index contributed by atoms with van der Waals surface area (Å²) in [5.41, 5.74) is 2.05. The van der Waals surface area contributed by atoms with Gasteiger partial charge in [0, 0.05) is 34.8 Å². The monoisotopic (exact) mass is 472 g/mol. The number of aromatic amines is 1. The summed E-state index contributed by atoms with van der Waals surface area (Å²) in [6.45, 7) is 1.60. The number of rotatable bonds is 8. The minimum absolute atomic E-state index is 0.0186. The molecule has 0 fully saturated rings. The molecule has 166 valence electrons. The van der Waals surface area contributed by atoms with Gasteiger partial charge in [-0.3, -0.25) is 19.4 Å². The maximum atomic E-state index is 13.3. The van der Waals surface area contributed by atoms with Crippen LogP contribution in [-0.4, -0.2) is 39.2 Å². The van der Waals surface area contributed by atoms with E-state index in [4.69, 9.17) is 28.3 Å². The van der Waals surface area contributed by atoms with Crippen LogP contribution in [0.15, 0.2) is 64.2 Å². The average molecular weight is 473 g/mol. The highest BCUT2D eigenvalue weighted by Crippen LogP contribution is 2.27. The fourth-order valence-electron chi connectivity index (χ4n) is 3.70. The fourth-order valence-corrected chi connectivity index (χ4v) is 4.02. The van der Waals surface area contributed by atoms with Crippen molar-refractivity contribution >= 4 is 34.1 Å². The second kappa shape index (κ2) is 9.75. The van der Waals surface area contributed by atoms with E-state index in [9.17, 15) is 9.59 Å². The Balaban J connectivity index is 1.90. The molecular formula is C23H22Cl2N4O3. The molecule has 2 aromatic heterocycles. The van der Waals surface area contributed by atoms with E-state index in [0.29, 0.717) is 51.8 Å². The first-order valence-electron chi connectivity index (χ1n) is 10.2. The molecule has 0 aliphatic heterocycles. The van der Waals surface area contributed by atoms with Crippen molar-refractivity contribution in [1.29, 1.82) is 0 Å². The Bertz CT molecular complexity index is 1360. The zero-order chi connectivity index (χ0) is 22.7. The molecule has 0 spiro atoms. The van der Waals surface area contributed by atoms with Gasteiger partial charge in [-0.2, -0.15) is 0 Å². The molecule has 0 radical (unpaired) electrons. The Morgan fingerprint density at radius 1 is 0.969 bits per heavy atom. The Hall–Kier alpha value is -2.84. The van der Waals surface area contributed by atoms with Crippen molar-refractivity contribution in [3.05, 3.63) is 90.9 Å². The maximum absolute atomic E-state index is 13.3. The van der Waals surface area contributed by atoms with Gasteiger partial charge in [0.2, 0.25) is 0 Å². The molecule has 7 nitrogen and oxygen atoms in total. The third kappa shape index (κ3) is 4.66. The minimum Gasteiger partial charge on any atom is -0.395 e. The second-order valence-electron chi connectivity index (χ2n) is 7.39. The van der Waals surface area contributed by atoms with Crippen molar-refractivity contribution in [1.82, 2.24) is 19.7 Å². The van der Waals surface area contributed by atoms with E-state index in [1.165, 1.54) is 10.7 Å². The van der Waals surface area contributed by atoms with Crippen molar-refractivity contribution in [3.8, 4) is 11.3 Å². The number of nitrogens with zero attached hydrogens (tertiary/aromatic N) is 2. The Morgan fingerprint density at radius 3 is 2.47 bits per heavy atom. The van der Waals surface area contributed by atoms with Crippen LogP contribution >= 0.6 is 23.2 Å². The number of halogens is 2. The predicted molar refractivity (Wildman–Crippen MR) is 128 cm³/mol. The molecule has 2 heterocycles. The first-order valence-corrected chi connectivity index (χ1v) is 10.9. The number of nitrogens with one attached hydrogen (secondary N) is 2. The molecule has 2 aromatic carbocycles. The summed E-state index contributed by atoms with van der Waals surface area (Å²) in [6.07, 6.45) is 0. The molecule has 0 aliphatic carbocycles. The number of aliphatic hydroxyl groups is 1. The molecule has 4 aromatic rings. The molecule has 9 heteroatoms. The van der Waals surface area contributed by atoms with Crippen LogP contribution in [0.5, 0.6) is 0 Å².